The molecule has 0 aliphatic heterocycles. The molecule has 8 nitrogen and oxygen atoms in total. The molecule has 0 aliphatic carbocycles. The van der Waals surface area contributed by atoms with E-state index in [1.165, 1.54) is 19.8 Å². The first-order valence-electron chi connectivity index (χ1n) is 6.97. The van der Waals surface area contributed by atoms with E-state index in [-0.39, 0.29) is 24.6 Å². The number of hydrogen-bond acceptors (Lipinski definition) is 6. The molecule has 1 heterocycles. The summed E-state index contributed by atoms with van der Waals surface area (Å²) in [7, 11) is 2.89. The first-order valence-corrected chi connectivity index (χ1v) is 6.97. The summed E-state index contributed by atoms with van der Waals surface area (Å²) in [6, 6.07) is 5.60. The molecule has 122 valence electrons. The zero-order chi connectivity index (χ0) is 16.8. The van der Waals surface area contributed by atoms with Gasteiger partial charge in [-0.05, 0) is 37.1 Å². The van der Waals surface area contributed by atoms with Crippen LogP contribution in [-0.2, 0) is 6.54 Å². The second-order valence-corrected chi connectivity index (χ2v) is 4.83. The maximum Gasteiger partial charge on any atom is 0.322 e. The minimum absolute atomic E-state index is 0.117. The highest BCUT2D eigenvalue weighted by Gasteiger charge is 2.09. The zero-order valence-electron chi connectivity index (χ0n) is 13.5. The normalized spacial score (nSPS) is 10.1. The third-order valence-electron chi connectivity index (χ3n) is 3.18. The van der Waals surface area contributed by atoms with Crippen molar-refractivity contribution in [1.29, 1.82) is 0 Å². The largest absolute Gasteiger partial charge is 0.467 e. The van der Waals surface area contributed by atoms with E-state index in [2.05, 4.69) is 25.6 Å². The smallest absolute Gasteiger partial charge is 0.322 e. The van der Waals surface area contributed by atoms with Crippen molar-refractivity contribution in [2.45, 2.75) is 20.4 Å². The van der Waals surface area contributed by atoms with Crippen LogP contribution >= 0.6 is 0 Å². The van der Waals surface area contributed by atoms with Crippen molar-refractivity contribution < 1.29 is 14.3 Å². The van der Waals surface area contributed by atoms with Gasteiger partial charge in [0.1, 0.15) is 0 Å². The minimum Gasteiger partial charge on any atom is -0.467 e. The van der Waals surface area contributed by atoms with Gasteiger partial charge in [-0.3, -0.25) is 0 Å². The molecule has 2 amide bonds. The fourth-order valence-corrected chi connectivity index (χ4v) is 1.79. The number of hydrogen-bond donors (Lipinski definition) is 2. The predicted octanol–water partition coefficient (Wildman–Crippen LogP) is 1.83. The van der Waals surface area contributed by atoms with Crippen molar-refractivity contribution in [2.75, 3.05) is 19.5 Å². The number of amides is 2. The van der Waals surface area contributed by atoms with Crippen LogP contribution in [0.3, 0.4) is 0 Å². The maximum atomic E-state index is 11.9. The highest BCUT2D eigenvalue weighted by molar-refractivity contribution is 5.89. The van der Waals surface area contributed by atoms with Gasteiger partial charge < -0.3 is 20.1 Å². The van der Waals surface area contributed by atoms with Crippen molar-refractivity contribution >= 4 is 11.7 Å². The van der Waals surface area contributed by atoms with E-state index in [0.29, 0.717) is 5.82 Å². The summed E-state index contributed by atoms with van der Waals surface area (Å²) in [6.07, 6.45) is 0. The molecule has 0 fully saturated rings. The molecule has 0 spiro atoms. The van der Waals surface area contributed by atoms with Gasteiger partial charge in [-0.25, -0.2) is 4.79 Å². The summed E-state index contributed by atoms with van der Waals surface area (Å²) >= 11 is 0. The highest BCUT2D eigenvalue weighted by atomic mass is 16.5. The number of aromatic nitrogens is 3. The number of nitrogens with zero attached hydrogens (tertiary/aromatic N) is 3. The number of methoxy groups -OCH3 is 2. The molecule has 2 N–H and O–H groups in total. The van der Waals surface area contributed by atoms with Crippen LogP contribution in [0.2, 0.25) is 0 Å². The quantitative estimate of drug-likeness (QED) is 0.873. The summed E-state index contributed by atoms with van der Waals surface area (Å²) in [5, 5.41) is 5.42. The van der Waals surface area contributed by atoms with Gasteiger partial charge in [0.25, 0.3) is 0 Å². The SMILES string of the molecule is COc1nc(CNC(=O)Nc2ccc(C)c(C)c2)nc(OC)n1. The molecular formula is C15H19N5O3. The molecular weight excluding hydrogens is 298 g/mol. The Balaban J connectivity index is 1.97. The van der Waals surface area contributed by atoms with Crippen LogP contribution in [0.4, 0.5) is 10.5 Å². The number of carbonyl (C=O) groups is 1. The Hall–Kier alpha value is -2.90. The molecule has 0 radical (unpaired) electrons. The predicted molar refractivity (Wildman–Crippen MR) is 84.7 cm³/mol. The van der Waals surface area contributed by atoms with Crippen molar-refractivity contribution in [1.82, 2.24) is 20.3 Å². The Morgan fingerprint density at radius 1 is 1.04 bits per heavy atom. The fourth-order valence-electron chi connectivity index (χ4n) is 1.79. The average molecular weight is 317 g/mol. The molecule has 1 aromatic heterocycles. The minimum atomic E-state index is -0.355. The topological polar surface area (TPSA) is 98.3 Å². The van der Waals surface area contributed by atoms with E-state index in [4.69, 9.17) is 9.47 Å². The number of rotatable bonds is 5. The second-order valence-electron chi connectivity index (χ2n) is 4.83. The van der Waals surface area contributed by atoms with Crippen LogP contribution in [0, 0.1) is 13.8 Å². The third kappa shape index (κ3) is 4.53. The average Bonchev–Trinajstić information content (AvgIpc) is 2.56. The lowest BCUT2D eigenvalue weighted by Crippen LogP contribution is -2.29. The highest BCUT2D eigenvalue weighted by Crippen LogP contribution is 2.14. The van der Waals surface area contributed by atoms with E-state index in [9.17, 15) is 4.79 Å². The van der Waals surface area contributed by atoms with E-state index >= 15 is 0 Å². The number of aryl methyl sites for hydroxylation is 2. The van der Waals surface area contributed by atoms with E-state index < -0.39 is 0 Å². The van der Waals surface area contributed by atoms with Gasteiger partial charge in [0.2, 0.25) is 0 Å². The second kappa shape index (κ2) is 7.39. The first-order chi connectivity index (χ1) is 11.0. The van der Waals surface area contributed by atoms with Crippen LogP contribution in [0.5, 0.6) is 12.0 Å². The maximum absolute atomic E-state index is 11.9. The van der Waals surface area contributed by atoms with Gasteiger partial charge >= 0.3 is 18.1 Å². The Morgan fingerprint density at radius 2 is 1.70 bits per heavy atom. The molecule has 0 bridgehead atoms. The fraction of sp³-hybridized carbons (Fsp3) is 0.333. The molecule has 23 heavy (non-hydrogen) atoms. The summed E-state index contributed by atoms with van der Waals surface area (Å²) in [5.74, 6) is 0.337. The van der Waals surface area contributed by atoms with E-state index in [1.54, 1.807) is 0 Å². The summed E-state index contributed by atoms with van der Waals surface area (Å²) in [5.41, 5.74) is 2.99. The molecule has 8 heteroatoms. The van der Waals surface area contributed by atoms with Crippen molar-refractivity contribution in [3.63, 3.8) is 0 Å². The number of urea groups is 1. The Labute approximate surface area is 134 Å². The Morgan fingerprint density at radius 3 is 2.26 bits per heavy atom. The van der Waals surface area contributed by atoms with E-state index in [1.807, 2.05) is 32.0 Å². The molecule has 0 unspecified atom stereocenters. The number of carbonyl (C=O) groups excluding carboxylic acids is 1. The Kier molecular flexibility index (Phi) is 5.29. The Bertz CT molecular complexity index is 683. The molecule has 0 saturated heterocycles. The van der Waals surface area contributed by atoms with Gasteiger partial charge in [0, 0.05) is 5.69 Å². The summed E-state index contributed by atoms with van der Waals surface area (Å²) < 4.78 is 9.91. The van der Waals surface area contributed by atoms with Crippen LogP contribution in [0.1, 0.15) is 17.0 Å². The van der Waals surface area contributed by atoms with Crippen molar-refractivity contribution in [2.24, 2.45) is 0 Å². The molecule has 0 saturated carbocycles. The van der Waals surface area contributed by atoms with Crippen LogP contribution in [0.15, 0.2) is 18.2 Å². The monoisotopic (exact) mass is 317 g/mol. The van der Waals surface area contributed by atoms with Gasteiger partial charge in [-0.2, -0.15) is 9.97 Å². The van der Waals surface area contributed by atoms with Gasteiger partial charge in [0.15, 0.2) is 5.82 Å². The lowest BCUT2D eigenvalue weighted by Gasteiger charge is -2.09. The van der Waals surface area contributed by atoms with Gasteiger partial charge in [0.05, 0.1) is 20.8 Å². The lowest BCUT2D eigenvalue weighted by atomic mass is 10.1. The van der Waals surface area contributed by atoms with E-state index in [0.717, 1.165) is 11.3 Å². The summed E-state index contributed by atoms with van der Waals surface area (Å²) in [6.45, 7) is 4.12. The number of anilines is 1. The molecule has 0 aliphatic rings. The van der Waals surface area contributed by atoms with Crippen LogP contribution in [0.25, 0.3) is 0 Å². The van der Waals surface area contributed by atoms with Crippen molar-refractivity contribution in [3.8, 4) is 12.0 Å². The number of benzene rings is 1. The third-order valence-corrected chi connectivity index (χ3v) is 3.18. The first kappa shape index (κ1) is 16.5. The zero-order valence-corrected chi connectivity index (χ0v) is 13.5. The standard InChI is InChI=1S/C15H19N5O3/c1-9-5-6-11(7-10(9)2)17-13(21)16-8-12-18-14(22-3)20-15(19-12)23-4/h5-7H,8H2,1-4H3,(H2,16,17,21). The molecule has 1 aromatic carbocycles. The summed E-state index contributed by atoms with van der Waals surface area (Å²) in [4.78, 5) is 23.9. The molecule has 2 rings (SSSR count). The van der Waals surface area contributed by atoms with Crippen molar-refractivity contribution in [3.05, 3.63) is 35.2 Å². The van der Waals surface area contributed by atoms with Crippen LogP contribution in [-0.4, -0.2) is 35.2 Å². The lowest BCUT2D eigenvalue weighted by molar-refractivity contribution is 0.251. The molecule has 0 atom stereocenters. The van der Waals surface area contributed by atoms with Gasteiger partial charge in [-0.1, -0.05) is 6.07 Å². The molecule has 2 aromatic rings. The van der Waals surface area contributed by atoms with Gasteiger partial charge in [-0.15, -0.1) is 4.98 Å². The number of nitrogens with one attached hydrogen (secondary N) is 2. The number of ether oxygens (including phenoxy) is 2. The van der Waals surface area contributed by atoms with Crippen LogP contribution < -0.4 is 20.1 Å².